The summed E-state index contributed by atoms with van der Waals surface area (Å²) in [6.07, 6.45) is 3.52. The number of hydrogen-bond donors (Lipinski definition) is 1. The van der Waals surface area contributed by atoms with Gasteiger partial charge in [-0.25, -0.2) is 9.97 Å². The van der Waals surface area contributed by atoms with Gasteiger partial charge in [-0.15, -0.1) is 0 Å². The molecule has 0 saturated heterocycles. The van der Waals surface area contributed by atoms with Crippen LogP contribution in [0, 0.1) is 6.92 Å². The van der Waals surface area contributed by atoms with Gasteiger partial charge >= 0.3 is 6.01 Å². The molecule has 5 nitrogen and oxygen atoms in total. The van der Waals surface area contributed by atoms with Crippen molar-refractivity contribution in [2.24, 2.45) is 0 Å². The molecule has 106 valence electrons. The van der Waals surface area contributed by atoms with Gasteiger partial charge in [-0.05, 0) is 19.1 Å². The number of methoxy groups -OCH3 is 1. The Kier molecular flexibility index (Phi) is 5.46. The number of rotatable bonds is 7. The van der Waals surface area contributed by atoms with Crippen LogP contribution in [0.5, 0.6) is 11.8 Å². The van der Waals surface area contributed by atoms with E-state index in [9.17, 15) is 0 Å². The van der Waals surface area contributed by atoms with E-state index in [1.54, 1.807) is 19.5 Å². The first kappa shape index (κ1) is 14.4. The molecule has 0 aliphatic rings. The van der Waals surface area contributed by atoms with Gasteiger partial charge in [0.25, 0.3) is 0 Å². The Hall–Kier alpha value is -1.98. The Morgan fingerprint density at radius 2 is 1.80 bits per heavy atom. The lowest BCUT2D eigenvalue weighted by molar-refractivity contribution is 0.199. The normalized spacial score (nSPS) is 10.5. The molecule has 0 amide bonds. The fourth-order valence-electron chi connectivity index (χ4n) is 1.61. The van der Waals surface area contributed by atoms with Crippen LogP contribution >= 0.6 is 0 Å². The number of hydrogen-bond acceptors (Lipinski definition) is 5. The highest BCUT2D eigenvalue weighted by atomic mass is 16.5. The average Bonchev–Trinajstić information content (AvgIpc) is 2.48. The molecule has 1 aromatic heterocycles. The lowest BCUT2D eigenvalue weighted by Gasteiger charge is -2.06. The number of aryl methyl sites for hydroxylation is 1. The first-order chi connectivity index (χ1) is 9.78. The van der Waals surface area contributed by atoms with Crippen molar-refractivity contribution < 1.29 is 9.47 Å². The van der Waals surface area contributed by atoms with E-state index in [2.05, 4.69) is 15.3 Å². The predicted molar refractivity (Wildman–Crippen MR) is 76.9 cm³/mol. The summed E-state index contributed by atoms with van der Waals surface area (Å²) in [6, 6.07) is 8.14. The molecule has 0 fully saturated rings. The van der Waals surface area contributed by atoms with E-state index in [1.807, 2.05) is 31.2 Å². The molecular formula is C15H19N3O2. The minimum atomic E-state index is 0.356. The number of nitrogens with one attached hydrogen (secondary N) is 1. The standard InChI is InChI=1S/C15H19N3O2/c1-12-3-5-14(6-4-12)20-15-17-10-13(11-18-15)9-16-7-8-19-2/h3-6,10-11,16H,7-9H2,1-2H3. The van der Waals surface area contributed by atoms with Crippen molar-refractivity contribution in [3.05, 3.63) is 47.8 Å². The molecule has 0 saturated carbocycles. The van der Waals surface area contributed by atoms with Crippen LogP contribution in [0.25, 0.3) is 0 Å². The molecule has 0 spiro atoms. The van der Waals surface area contributed by atoms with Crippen LogP contribution in [0.15, 0.2) is 36.7 Å². The Morgan fingerprint density at radius 3 is 2.45 bits per heavy atom. The first-order valence-corrected chi connectivity index (χ1v) is 6.53. The Bertz CT molecular complexity index is 512. The zero-order valence-corrected chi connectivity index (χ0v) is 11.8. The molecule has 1 aromatic carbocycles. The van der Waals surface area contributed by atoms with Crippen molar-refractivity contribution in [2.75, 3.05) is 20.3 Å². The molecule has 0 bridgehead atoms. The first-order valence-electron chi connectivity index (χ1n) is 6.53. The maximum Gasteiger partial charge on any atom is 0.321 e. The summed E-state index contributed by atoms with van der Waals surface area (Å²) < 4.78 is 10.5. The van der Waals surface area contributed by atoms with E-state index in [0.717, 1.165) is 17.9 Å². The third-order valence-corrected chi connectivity index (χ3v) is 2.72. The van der Waals surface area contributed by atoms with Crippen LogP contribution < -0.4 is 10.1 Å². The Labute approximate surface area is 119 Å². The van der Waals surface area contributed by atoms with Gasteiger partial charge in [-0.1, -0.05) is 17.7 Å². The molecule has 5 heteroatoms. The van der Waals surface area contributed by atoms with Crippen LogP contribution in [0.1, 0.15) is 11.1 Å². The lowest BCUT2D eigenvalue weighted by Crippen LogP contribution is -2.18. The number of nitrogens with zero attached hydrogens (tertiary/aromatic N) is 2. The molecule has 0 atom stereocenters. The number of benzene rings is 1. The van der Waals surface area contributed by atoms with E-state index in [1.165, 1.54) is 5.56 Å². The third kappa shape index (κ3) is 4.60. The summed E-state index contributed by atoms with van der Waals surface area (Å²) in [4.78, 5) is 8.38. The molecule has 2 aromatic rings. The summed E-state index contributed by atoms with van der Waals surface area (Å²) in [5.74, 6) is 0.738. The highest BCUT2D eigenvalue weighted by Gasteiger charge is 2.01. The molecule has 0 aliphatic carbocycles. The minimum Gasteiger partial charge on any atom is -0.424 e. The molecule has 0 aliphatic heterocycles. The smallest absolute Gasteiger partial charge is 0.321 e. The van der Waals surface area contributed by atoms with E-state index < -0.39 is 0 Å². The molecular weight excluding hydrogens is 254 g/mol. The maximum atomic E-state index is 5.57. The van der Waals surface area contributed by atoms with Crippen LogP contribution in [0.3, 0.4) is 0 Å². The van der Waals surface area contributed by atoms with Crippen LogP contribution in [-0.4, -0.2) is 30.2 Å². The van der Waals surface area contributed by atoms with Gasteiger partial charge in [0.1, 0.15) is 5.75 Å². The highest BCUT2D eigenvalue weighted by molar-refractivity contribution is 5.28. The van der Waals surface area contributed by atoms with Gasteiger partial charge in [0, 0.05) is 38.2 Å². The molecule has 0 radical (unpaired) electrons. The van der Waals surface area contributed by atoms with Crippen molar-refractivity contribution in [2.45, 2.75) is 13.5 Å². The summed E-state index contributed by atoms with van der Waals surface area (Å²) in [6.45, 7) is 4.24. The average molecular weight is 273 g/mol. The second-order valence-corrected chi connectivity index (χ2v) is 4.46. The van der Waals surface area contributed by atoms with Crippen molar-refractivity contribution in [1.29, 1.82) is 0 Å². The van der Waals surface area contributed by atoms with Gasteiger partial charge in [0.2, 0.25) is 0 Å². The van der Waals surface area contributed by atoms with Crippen LogP contribution in [-0.2, 0) is 11.3 Å². The monoisotopic (exact) mass is 273 g/mol. The van der Waals surface area contributed by atoms with E-state index in [-0.39, 0.29) is 0 Å². The molecule has 1 heterocycles. The summed E-state index contributed by atoms with van der Waals surface area (Å²) >= 11 is 0. The molecule has 0 unspecified atom stereocenters. The van der Waals surface area contributed by atoms with Crippen molar-refractivity contribution in [3.63, 3.8) is 0 Å². The van der Waals surface area contributed by atoms with Crippen LogP contribution in [0.4, 0.5) is 0 Å². The zero-order valence-electron chi connectivity index (χ0n) is 11.8. The van der Waals surface area contributed by atoms with E-state index in [0.29, 0.717) is 19.2 Å². The van der Waals surface area contributed by atoms with Crippen LogP contribution in [0.2, 0.25) is 0 Å². The fraction of sp³-hybridized carbons (Fsp3) is 0.333. The Balaban J connectivity index is 1.86. The largest absolute Gasteiger partial charge is 0.424 e. The number of aromatic nitrogens is 2. The number of ether oxygens (including phenoxy) is 2. The predicted octanol–water partition coefficient (Wildman–Crippen LogP) is 2.31. The van der Waals surface area contributed by atoms with E-state index in [4.69, 9.17) is 9.47 Å². The van der Waals surface area contributed by atoms with Crippen molar-refractivity contribution >= 4 is 0 Å². The maximum absolute atomic E-state index is 5.57. The molecule has 2 rings (SSSR count). The van der Waals surface area contributed by atoms with Gasteiger partial charge < -0.3 is 14.8 Å². The zero-order chi connectivity index (χ0) is 14.2. The summed E-state index contributed by atoms with van der Waals surface area (Å²) in [5, 5.41) is 3.23. The Morgan fingerprint density at radius 1 is 1.10 bits per heavy atom. The fourth-order valence-corrected chi connectivity index (χ4v) is 1.61. The lowest BCUT2D eigenvalue weighted by atomic mass is 10.2. The molecule has 1 N–H and O–H groups in total. The summed E-state index contributed by atoms with van der Waals surface area (Å²) in [7, 11) is 1.68. The summed E-state index contributed by atoms with van der Waals surface area (Å²) in [5.41, 5.74) is 2.20. The van der Waals surface area contributed by atoms with Gasteiger partial charge in [-0.2, -0.15) is 0 Å². The second-order valence-electron chi connectivity index (χ2n) is 4.46. The van der Waals surface area contributed by atoms with E-state index >= 15 is 0 Å². The SMILES string of the molecule is COCCNCc1cnc(Oc2ccc(C)cc2)nc1. The van der Waals surface area contributed by atoms with Gasteiger partial charge in [0.15, 0.2) is 0 Å². The minimum absolute atomic E-state index is 0.356. The van der Waals surface area contributed by atoms with Gasteiger partial charge in [0.05, 0.1) is 6.61 Å². The van der Waals surface area contributed by atoms with Crippen molar-refractivity contribution in [1.82, 2.24) is 15.3 Å². The van der Waals surface area contributed by atoms with Gasteiger partial charge in [-0.3, -0.25) is 0 Å². The topological polar surface area (TPSA) is 56.3 Å². The molecule has 20 heavy (non-hydrogen) atoms. The highest BCUT2D eigenvalue weighted by Crippen LogP contribution is 2.17. The quantitative estimate of drug-likeness (QED) is 0.785. The second kappa shape index (κ2) is 7.57. The van der Waals surface area contributed by atoms with Crippen molar-refractivity contribution in [3.8, 4) is 11.8 Å². The third-order valence-electron chi connectivity index (χ3n) is 2.72.